The van der Waals surface area contributed by atoms with Gasteiger partial charge in [0.2, 0.25) is 17.5 Å². The highest BCUT2D eigenvalue weighted by Crippen LogP contribution is 2.42. The molecule has 4 saturated heterocycles. The Bertz CT molecular complexity index is 2280. The number of ether oxygens (including phenoxy) is 1. The number of hydrogen-bond acceptors (Lipinski definition) is 11. The van der Waals surface area contributed by atoms with Crippen molar-refractivity contribution in [1.29, 1.82) is 0 Å². The van der Waals surface area contributed by atoms with E-state index in [2.05, 4.69) is 35.2 Å². The van der Waals surface area contributed by atoms with Gasteiger partial charge in [-0.3, -0.25) is 34.2 Å². The summed E-state index contributed by atoms with van der Waals surface area (Å²) < 4.78 is 21.6. The lowest BCUT2D eigenvalue weighted by atomic mass is 9.79. The number of halogens is 2. The number of aromatic nitrogens is 2. The lowest BCUT2D eigenvalue weighted by Crippen LogP contribution is -2.58. The summed E-state index contributed by atoms with van der Waals surface area (Å²) in [7, 11) is 0. The first-order valence-corrected chi connectivity index (χ1v) is 21.1. The van der Waals surface area contributed by atoms with E-state index in [1.54, 1.807) is 30.6 Å². The van der Waals surface area contributed by atoms with Crippen molar-refractivity contribution >= 4 is 58.3 Å². The maximum Gasteiger partial charge on any atom is 0.271 e. The van der Waals surface area contributed by atoms with Crippen LogP contribution in [0.25, 0.3) is 4.85 Å². The summed E-state index contributed by atoms with van der Waals surface area (Å²) in [5.41, 5.74) is 1.18. The van der Waals surface area contributed by atoms with E-state index in [-0.39, 0.29) is 53.1 Å². The first kappa shape index (κ1) is 39.8. The number of amides is 5. The van der Waals surface area contributed by atoms with Crippen molar-refractivity contribution in [3.63, 3.8) is 0 Å². The molecule has 5 amide bonds. The van der Waals surface area contributed by atoms with Crippen LogP contribution in [0.15, 0.2) is 42.7 Å². The van der Waals surface area contributed by atoms with Gasteiger partial charge in [-0.05, 0) is 88.1 Å². The van der Waals surface area contributed by atoms with E-state index in [0.717, 1.165) is 94.5 Å². The Morgan fingerprint density at radius 1 is 0.933 bits per heavy atom. The molecular weight excluding hydrogens is 793 g/mol. The topological polar surface area (TPSA) is 162 Å². The molecule has 1 aliphatic carbocycles. The number of nitrogens with zero attached hydrogens (tertiary/aromatic N) is 7. The van der Waals surface area contributed by atoms with Gasteiger partial charge in [0.25, 0.3) is 17.7 Å². The number of carbonyl (C=O) groups is 5. The molecule has 17 heteroatoms. The molecule has 15 nitrogen and oxygen atoms in total. The van der Waals surface area contributed by atoms with Crippen molar-refractivity contribution < 1.29 is 33.1 Å². The third-order valence-electron chi connectivity index (χ3n) is 13.1. The highest BCUT2D eigenvalue weighted by atomic mass is 35.5. The fourth-order valence-electron chi connectivity index (χ4n) is 9.84. The molecule has 312 valence electrons. The zero-order chi connectivity index (χ0) is 41.7. The third kappa shape index (κ3) is 7.76. The van der Waals surface area contributed by atoms with E-state index < -0.39 is 35.5 Å². The Morgan fingerprint density at radius 2 is 1.68 bits per heavy atom. The van der Waals surface area contributed by atoms with Crippen molar-refractivity contribution in [2.45, 2.75) is 76.0 Å². The molecule has 2 aromatic carbocycles. The minimum absolute atomic E-state index is 0.0154. The van der Waals surface area contributed by atoms with Crippen LogP contribution < -0.4 is 25.2 Å². The lowest BCUT2D eigenvalue weighted by Gasteiger charge is -2.48. The van der Waals surface area contributed by atoms with Gasteiger partial charge < -0.3 is 24.8 Å². The van der Waals surface area contributed by atoms with Crippen molar-refractivity contribution in [1.82, 2.24) is 30.4 Å². The number of imide groups is 2. The molecule has 60 heavy (non-hydrogen) atoms. The Labute approximate surface area is 351 Å². The van der Waals surface area contributed by atoms with Gasteiger partial charge in [-0.1, -0.05) is 17.7 Å². The minimum Gasteiger partial charge on any atom is -0.490 e. The fraction of sp³-hybridized carbons (Fsp3) is 0.488. The summed E-state index contributed by atoms with van der Waals surface area (Å²) in [5.74, 6) is -1.47. The first-order chi connectivity index (χ1) is 29.0. The van der Waals surface area contributed by atoms with Crippen molar-refractivity contribution in [3.05, 3.63) is 81.8 Å². The average molecular weight is 838 g/mol. The second kappa shape index (κ2) is 16.1. The summed E-state index contributed by atoms with van der Waals surface area (Å²) in [4.78, 5) is 83.5. The van der Waals surface area contributed by atoms with Gasteiger partial charge in [-0.15, -0.1) is 0 Å². The highest BCUT2D eigenvalue weighted by molar-refractivity contribution is 6.33. The van der Waals surface area contributed by atoms with Crippen molar-refractivity contribution in [2.24, 2.45) is 11.3 Å². The van der Waals surface area contributed by atoms with E-state index in [0.29, 0.717) is 41.2 Å². The normalized spacial score (nSPS) is 24.3. The fourth-order valence-corrected chi connectivity index (χ4v) is 10.1. The molecule has 0 radical (unpaired) electrons. The molecule has 6 heterocycles. The zero-order valence-corrected chi connectivity index (χ0v) is 33.8. The van der Waals surface area contributed by atoms with E-state index >= 15 is 4.39 Å². The molecule has 5 fully saturated rings. The molecule has 1 spiro atoms. The van der Waals surface area contributed by atoms with Crippen LogP contribution in [0.5, 0.6) is 5.75 Å². The predicted molar refractivity (Wildman–Crippen MR) is 218 cm³/mol. The maximum absolute atomic E-state index is 15.5. The van der Waals surface area contributed by atoms with Gasteiger partial charge in [0.15, 0.2) is 0 Å². The van der Waals surface area contributed by atoms with Crippen LogP contribution in [0, 0.1) is 23.7 Å². The lowest BCUT2D eigenvalue weighted by molar-refractivity contribution is -0.136. The number of benzene rings is 2. The standard InChI is InChI=1S/C43H45ClFN9O6/c1-46-33-7-6-28(16-31(33)44)60-27-4-2-26(3-5-27)49-39(56)34-19-48-37(20-47-34)53-23-43(24-53)12-15-51(22-43)21-25-10-13-52(14-11-25)36-18-30-29(17-32(36)45)41(58)54(42(30)59)35-8-9-38(55)50-40(35)57/h6-7,16-20,25-27,35H,2-5,8-15,21-24H2,(H,49,56)(H,50,55,57). The molecular formula is C43H45ClFN9O6. The van der Waals surface area contributed by atoms with Crippen molar-refractivity contribution in [2.75, 3.05) is 55.6 Å². The van der Waals surface area contributed by atoms with Gasteiger partial charge in [0.1, 0.15) is 29.1 Å². The first-order valence-electron chi connectivity index (χ1n) is 20.7. The van der Waals surface area contributed by atoms with Crippen LogP contribution in [0.3, 0.4) is 0 Å². The Balaban J connectivity index is 0.707. The maximum atomic E-state index is 15.5. The molecule has 2 N–H and O–H groups in total. The molecule has 1 atom stereocenters. The third-order valence-corrected chi connectivity index (χ3v) is 13.4. The molecule has 0 bridgehead atoms. The monoisotopic (exact) mass is 837 g/mol. The largest absolute Gasteiger partial charge is 0.490 e. The smallest absolute Gasteiger partial charge is 0.271 e. The number of anilines is 2. The van der Waals surface area contributed by atoms with Crippen molar-refractivity contribution in [3.8, 4) is 5.75 Å². The van der Waals surface area contributed by atoms with Crippen LogP contribution in [0.4, 0.5) is 21.6 Å². The van der Waals surface area contributed by atoms with Gasteiger partial charge in [0.05, 0.1) is 46.9 Å². The Morgan fingerprint density at radius 3 is 2.37 bits per heavy atom. The summed E-state index contributed by atoms with van der Waals surface area (Å²) in [6, 6.07) is 6.57. The van der Waals surface area contributed by atoms with E-state index in [1.807, 2.05) is 4.90 Å². The summed E-state index contributed by atoms with van der Waals surface area (Å²) in [6.45, 7) is 13.1. The van der Waals surface area contributed by atoms with Crippen LogP contribution >= 0.6 is 11.6 Å². The number of fused-ring (bicyclic) bond motifs is 1. The van der Waals surface area contributed by atoms with Gasteiger partial charge in [-0.25, -0.2) is 19.2 Å². The van der Waals surface area contributed by atoms with Crippen LogP contribution in [0.2, 0.25) is 5.02 Å². The summed E-state index contributed by atoms with van der Waals surface area (Å²) in [5, 5.41) is 5.66. The molecule has 5 aliphatic heterocycles. The predicted octanol–water partition coefficient (Wildman–Crippen LogP) is 4.77. The average Bonchev–Trinajstić information content (AvgIpc) is 3.76. The van der Waals surface area contributed by atoms with Crippen LogP contribution in [-0.4, -0.2) is 113 Å². The van der Waals surface area contributed by atoms with Gasteiger partial charge in [0, 0.05) is 57.1 Å². The molecule has 1 aromatic heterocycles. The van der Waals surface area contributed by atoms with Crippen LogP contribution in [0.1, 0.15) is 89.0 Å². The molecule has 1 unspecified atom stereocenters. The van der Waals surface area contributed by atoms with E-state index in [9.17, 15) is 24.0 Å². The SMILES string of the molecule is [C-]#[N+]c1ccc(OC2CCC(NC(=O)c3cnc(N4CC5(CCN(CC6CCN(c7cc8c(cc7F)C(=O)N(C7CCC(=O)NC7=O)C8=O)CC6)C5)C4)cn3)CC2)cc1Cl. The number of hydrogen-bond donors (Lipinski definition) is 2. The highest BCUT2D eigenvalue weighted by Gasteiger charge is 2.49. The van der Waals surface area contributed by atoms with E-state index in [4.69, 9.17) is 22.9 Å². The second-order valence-electron chi connectivity index (χ2n) is 17.1. The summed E-state index contributed by atoms with van der Waals surface area (Å²) >= 11 is 6.15. The number of nitrogens with one attached hydrogen (secondary N) is 2. The van der Waals surface area contributed by atoms with Gasteiger partial charge >= 0.3 is 0 Å². The van der Waals surface area contributed by atoms with Gasteiger partial charge in [-0.2, -0.15) is 0 Å². The molecule has 9 rings (SSSR count). The quantitative estimate of drug-likeness (QED) is 0.226. The number of piperidine rings is 2. The van der Waals surface area contributed by atoms with E-state index in [1.165, 1.54) is 6.07 Å². The molecule has 6 aliphatic rings. The summed E-state index contributed by atoms with van der Waals surface area (Å²) in [6.07, 6.45) is 9.26. The Kier molecular flexibility index (Phi) is 10.7. The second-order valence-corrected chi connectivity index (χ2v) is 17.5. The number of carbonyl (C=O) groups excluding carboxylic acids is 5. The van der Waals surface area contributed by atoms with Crippen LogP contribution in [-0.2, 0) is 9.59 Å². The molecule has 1 saturated carbocycles. The molecule has 3 aromatic rings. The number of likely N-dealkylation sites (tertiary alicyclic amines) is 1. The minimum atomic E-state index is -1.10. The number of rotatable bonds is 9. The zero-order valence-electron chi connectivity index (χ0n) is 33.0. The Hall–Kier alpha value is -5.66.